The highest BCUT2D eigenvalue weighted by molar-refractivity contribution is 7.66. The van der Waals surface area contributed by atoms with Crippen molar-refractivity contribution in [2.45, 2.75) is 31.0 Å². The lowest BCUT2D eigenvalue weighted by atomic mass is 10.1. The van der Waals surface area contributed by atoms with Crippen LogP contribution in [0.1, 0.15) is 11.8 Å². The van der Waals surface area contributed by atoms with E-state index in [9.17, 15) is 43.2 Å². The number of aromatic amines is 1. The minimum absolute atomic E-state index is 0.270. The smallest absolute Gasteiger partial charge is 0.469 e. The van der Waals surface area contributed by atoms with Crippen LogP contribution in [-0.2, 0) is 47.5 Å². The van der Waals surface area contributed by atoms with Gasteiger partial charge < -0.3 is 39.3 Å². The molecule has 3 unspecified atom stereocenters. The van der Waals surface area contributed by atoms with Crippen molar-refractivity contribution in [1.82, 2.24) is 9.55 Å². The minimum Gasteiger partial charge on any atom is -0.469 e. The third-order valence-electron chi connectivity index (χ3n) is 4.03. The Morgan fingerprint density at radius 3 is 2.26 bits per heavy atom. The van der Waals surface area contributed by atoms with E-state index in [0.717, 1.165) is 13.3 Å². The summed E-state index contributed by atoms with van der Waals surface area (Å²) in [6, 6.07) is 0. The van der Waals surface area contributed by atoms with Crippen molar-refractivity contribution in [3.05, 3.63) is 32.6 Å². The van der Waals surface area contributed by atoms with Gasteiger partial charge in [-0.25, -0.2) is 18.5 Å². The van der Waals surface area contributed by atoms with Gasteiger partial charge in [0.05, 0.1) is 20.1 Å². The Morgan fingerprint density at radius 1 is 1.09 bits per heavy atom. The monoisotopic (exact) mass is 556 g/mol. The Kier molecular flexibility index (Phi) is 8.93. The molecule has 0 aromatic carbocycles. The molecule has 7 N–H and O–H groups in total. The maximum atomic E-state index is 12.1. The number of phosphoric ester groups is 1. The number of aliphatic hydroxyl groups is 2. The van der Waals surface area contributed by atoms with E-state index >= 15 is 0 Å². The maximum absolute atomic E-state index is 12.1. The Labute approximate surface area is 187 Å². The molecule has 0 amide bonds. The molecule has 2 heterocycles. The molecule has 0 spiro atoms. The summed E-state index contributed by atoms with van der Waals surface area (Å²) in [6.07, 6.45) is -6.86. The van der Waals surface area contributed by atoms with Crippen molar-refractivity contribution in [3.8, 4) is 0 Å². The zero-order valence-electron chi connectivity index (χ0n) is 16.8. The van der Waals surface area contributed by atoms with E-state index in [2.05, 4.69) is 17.9 Å². The van der Waals surface area contributed by atoms with Gasteiger partial charge in [-0.15, -0.1) is 0 Å². The van der Waals surface area contributed by atoms with Crippen LogP contribution in [0.2, 0.25) is 0 Å². The van der Waals surface area contributed by atoms with Gasteiger partial charge in [0.25, 0.3) is 5.56 Å². The predicted octanol–water partition coefficient (Wildman–Crippen LogP) is -2.79. The number of carbonyl (C=O) groups excluding carboxylic acids is 1. The minimum atomic E-state index is -5.79. The van der Waals surface area contributed by atoms with Crippen LogP contribution < -0.4 is 11.2 Å². The van der Waals surface area contributed by atoms with Crippen LogP contribution in [0.25, 0.3) is 0 Å². The first-order chi connectivity index (χ1) is 15.4. The quantitative estimate of drug-likeness (QED) is 0.113. The van der Waals surface area contributed by atoms with Crippen LogP contribution in [0.4, 0.5) is 0 Å². The first-order valence-corrected chi connectivity index (χ1v) is 13.2. The van der Waals surface area contributed by atoms with Gasteiger partial charge in [-0.3, -0.25) is 23.7 Å². The highest BCUT2D eigenvalue weighted by atomic mass is 31.3. The second-order valence-corrected chi connectivity index (χ2v) is 10.9. The molecule has 0 bridgehead atoms. The van der Waals surface area contributed by atoms with E-state index < -0.39 is 78.3 Å². The van der Waals surface area contributed by atoms with Crippen molar-refractivity contribution >= 4 is 29.4 Å². The molecule has 19 nitrogen and oxygen atoms in total. The second-order valence-electron chi connectivity index (χ2n) is 6.51. The van der Waals surface area contributed by atoms with E-state index in [-0.39, 0.29) is 5.56 Å². The molecule has 0 aliphatic carbocycles. The lowest BCUT2D eigenvalue weighted by Crippen LogP contribution is -2.39. The van der Waals surface area contributed by atoms with Crippen molar-refractivity contribution in [1.29, 1.82) is 0 Å². The summed E-state index contributed by atoms with van der Waals surface area (Å²) in [7, 11) is -15.9. The molecule has 1 saturated heterocycles. The topological polar surface area (TPSA) is 291 Å². The Bertz CT molecular complexity index is 1170. The molecule has 194 valence electrons. The van der Waals surface area contributed by atoms with Crippen LogP contribution in [0.5, 0.6) is 0 Å². The van der Waals surface area contributed by atoms with Crippen molar-refractivity contribution in [2.24, 2.45) is 0 Å². The number of H-pyrrole nitrogens is 1. The number of aromatic nitrogens is 2. The third kappa shape index (κ3) is 7.73. The first-order valence-electron chi connectivity index (χ1n) is 8.66. The number of methoxy groups -OCH3 is 1. The summed E-state index contributed by atoms with van der Waals surface area (Å²) in [5.41, 5.74) is -2.33. The van der Waals surface area contributed by atoms with Gasteiger partial charge in [0.1, 0.15) is 18.3 Å². The Morgan fingerprint density at radius 2 is 1.71 bits per heavy atom. The van der Waals surface area contributed by atoms with Crippen molar-refractivity contribution in [3.63, 3.8) is 0 Å². The molecule has 1 aromatic heterocycles. The number of phosphoric acid groups is 3. The number of esters is 1. The van der Waals surface area contributed by atoms with Gasteiger partial charge in [-0.2, -0.15) is 8.62 Å². The maximum Gasteiger partial charge on any atom is 0.490 e. The zero-order chi connectivity index (χ0) is 26.1. The van der Waals surface area contributed by atoms with Crippen LogP contribution >= 0.6 is 23.5 Å². The summed E-state index contributed by atoms with van der Waals surface area (Å²) < 4.78 is 55.3. The summed E-state index contributed by atoms with van der Waals surface area (Å²) >= 11 is 0. The molecular weight excluding hydrogens is 537 g/mol. The number of nitrogens with one attached hydrogen (secondary N) is 1. The number of hydrogen-bond acceptors (Lipinski definition) is 13. The lowest BCUT2D eigenvalue weighted by Gasteiger charge is -2.19. The normalized spacial score (nSPS) is 26.6. The van der Waals surface area contributed by atoms with Crippen LogP contribution in [0.3, 0.4) is 0 Å². The van der Waals surface area contributed by atoms with E-state index in [1.165, 1.54) is 0 Å². The number of rotatable bonds is 10. The van der Waals surface area contributed by atoms with Crippen LogP contribution in [0.15, 0.2) is 15.8 Å². The van der Waals surface area contributed by atoms with Gasteiger partial charge in [0.15, 0.2) is 6.23 Å². The zero-order valence-corrected chi connectivity index (χ0v) is 19.4. The van der Waals surface area contributed by atoms with Crippen molar-refractivity contribution in [2.75, 3.05) is 13.7 Å². The molecule has 6 atom stereocenters. The molecule has 1 aliphatic heterocycles. The van der Waals surface area contributed by atoms with Gasteiger partial charge in [0.2, 0.25) is 0 Å². The highest BCUT2D eigenvalue weighted by Gasteiger charge is 2.46. The molecular formula is C12H19N2O17P3. The molecule has 34 heavy (non-hydrogen) atoms. The average molecular weight is 556 g/mol. The summed E-state index contributed by atoms with van der Waals surface area (Å²) in [6.45, 7) is -1.12. The average Bonchev–Trinajstić information content (AvgIpc) is 2.94. The van der Waals surface area contributed by atoms with Crippen LogP contribution in [0, 0.1) is 0 Å². The third-order valence-corrected chi connectivity index (χ3v) is 7.84. The number of carbonyl (C=O) groups is 1. The molecule has 22 heteroatoms. The second kappa shape index (κ2) is 10.6. The summed E-state index contributed by atoms with van der Waals surface area (Å²) in [5.74, 6) is -0.836. The van der Waals surface area contributed by atoms with E-state index in [0.29, 0.717) is 4.57 Å². The fraction of sp³-hybridized carbons (Fsp3) is 0.583. The standard InChI is InChI=1S/C12H19N2O17P3/c1-27-7(15)2-5-3-14(12(19)13-10(5)18)11-9(17)8(16)6(29-11)4-28-33(23,24)31-34(25,26)30-32(20,21)22/h3,6,8-9,11,16-17H,2,4H2,1H3,(H,23,24)(H,25,26)(H,13,18,19)(H2,20,21,22)/t6-,8+,9?,11-/m1/s1. The predicted molar refractivity (Wildman–Crippen MR) is 103 cm³/mol. The number of aliphatic hydroxyl groups excluding tert-OH is 2. The summed E-state index contributed by atoms with van der Waals surface area (Å²) in [4.78, 5) is 72.8. The molecule has 2 rings (SSSR count). The number of nitrogens with zero attached hydrogens (tertiary/aromatic N) is 1. The van der Waals surface area contributed by atoms with E-state index in [1.807, 2.05) is 4.98 Å². The fourth-order valence-electron chi connectivity index (χ4n) is 2.64. The van der Waals surface area contributed by atoms with Gasteiger partial charge in [-0.1, -0.05) is 0 Å². The van der Waals surface area contributed by atoms with E-state index in [1.54, 1.807) is 0 Å². The molecule has 1 aromatic rings. The molecule has 1 aliphatic rings. The largest absolute Gasteiger partial charge is 0.490 e. The van der Waals surface area contributed by atoms with Crippen LogP contribution in [-0.4, -0.2) is 77.3 Å². The lowest BCUT2D eigenvalue weighted by molar-refractivity contribution is -0.139. The first kappa shape index (κ1) is 28.7. The number of ether oxygens (including phenoxy) is 2. The van der Waals surface area contributed by atoms with E-state index in [4.69, 9.17) is 19.4 Å². The summed E-state index contributed by atoms with van der Waals surface area (Å²) in [5, 5.41) is 20.3. The van der Waals surface area contributed by atoms with Gasteiger partial charge in [0, 0.05) is 11.8 Å². The molecule has 0 radical (unpaired) electrons. The Balaban J connectivity index is 2.16. The Hall–Kier alpha value is -1.56. The molecule has 1 fully saturated rings. The number of hydrogen-bond donors (Lipinski definition) is 7. The van der Waals surface area contributed by atoms with Gasteiger partial charge >= 0.3 is 35.1 Å². The van der Waals surface area contributed by atoms with Crippen molar-refractivity contribution < 1.29 is 70.9 Å². The highest BCUT2D eigenvalue weighted by Crippen LogP contribution is 2.66. The molecule has 0 saturated carbocycles. The van der Waals surface area contributed by atoms with Gasteiger partial charge in [-0.05, 0) is 0 Å². The SMILES string of the molecule is COC(=O)Cc1cn([C@@H]2O[C@H](COP(=O)(O)OP(=O)(O)OP(=O)(O)O)[C@H](O)C2O)c(=O)[nH]c1=O. The fourth-order valence-corrected chi connectivity index (χ4v) is 5.67.